The van der Waals surface area contributed by atoms with Crippen LogP contribution in [0.3, 0.4) is 0 Å². The van der Waals surface area contributed by atoms with Crippen molar-refractivity contribution < 1.29 is 22.4 Å². The first-order chi connectivity index (χ1) is 15.4. The maximum atomic E-state index is 13.4. The summed E-state index contributed by atoms with van der Waals surface area (Å²) >= 11 is 5.87. The molecule has 0 radical (unpaired) electrons. The molecule has 2 aromatic rings. The van der Waals surface area contributed by atoms with Gasteiger partial charge in [-0.2, -0.15) is 18.2 Å². The molecule has 176 valence electrons. The van der Waals surface area contributed by atoms with Crippen LogP contribution in [0.5, 0.6) is 0 Å². The molecule has 1 aromatic heterocycles. The van der Waals surface area contributed by atoms with Gasteiger partial charge in [-0.15, -0.1) is 0 Å². The average Bonchev–Trinajstić information content (AvgIpc) is 3.55. The smallest absolute Gasteiger partial charge is 0.387 e. The maximum Gasteiger partial charge on any atom is 0.416 e. The van der Waals surface area contributed by atoms with Gasteiger partial charge in [0.1, 0.15) is 0 Å². The molecule has 0 aliphatic heterocycles. The topological polar surface area (TPSA) is 96.8 Å². The lowest BCUT2D eigenvalue weighted by Crippen LogP contribution is -2.44. The van der Waals surface area contributed by atoms with Gasteiger partial charge in [-0.25, -0.2) is 19.4 Å². The van der Waals surface area contributed by atoms with Crippen LogP contribution in [0, 0.1) is 11.7 Å². The van der Waals surface area contributed by atoms with E-state index in [-0.39, 0.29) is 40.7 Å². The summed E-state index contributed by atoms with van der Waals surface area (Å²) in [5.74, 6) is -1.06. The Bertz CT molecular complexity index is 1080. The minimum Gasteiger partial charge on any atom is -0.387 e. The Morgan fingerprint density at radius 2 is 1.91 bits per heavy atom. The molecule has 1 amide bonds. The molecule has 0 spiro atoms. The number of amides is 1. The third-order valence-corrected chi connectivity index (χ3v) is 5.06. The monoisotopic (exact) mass is 484 g/mol. The predicted molar refractivity (Wildman–Crippen MR) is 116 cm³/mol. The lowest BCUT2D eigenvalue weighted by atomic mass is 10.1. The normalized spacial score (nSPS) is 16.0. The number of carbonyl (C=O) groups excluding carboxylic acids is 1. The largest absolute Gasteiger partial charge is 0.416 e. The van der Waals surface area contributed by atoms with Crippen LogP contribution >= 0.6 is 11.6 Å². The summed E-state index contributed by atoms with van der Waals surface area (Å²) in [7, 11) is 0. The predicted octanol–water partition coefficient (Wildman–Crippen LogP) is 4.64. The van der Waals surface area contributed by atoms with E-state index < -0.39 is 29.5 Å². The van der Waals surface area contributed by atoms with Crippen molar-refractivity contribution in [3.8, 4) is 0 Å². The zero-order valence-corrected chi connectivity index (χ0v) is 18.5. The molecular weight excluding hydrogens is 464 g/mol. The van der Waals surface area contributed by atoms with Crippen molar-refractivity contribution in [1.29, 1.82) is 0 Å². The van der Waals surface area contributed by atoms with E-state index in [4.69, 9.17) is 17.3 Å². The van der Waals surface area contributed by atoms with Crippen LogP contribution in [0.2, 0.25) is 5.02 Å². The molecule has 3 rings (SSSR count). The molecule has 33 heavy (non-hydrogen) atoms. The molecule has 1 saturated carbocycles. The Balaban J connectivity index is 2.01. The third-order valence-electron chi connectivity index (χ3n) is 4.84. The van der Waals surface area contributed by atoms with Gasteiger partial charge in [0.15, 0.2) is 11.7 Å². The van der Waals surface area contributed by atoms with Crippen LogP contribution in [-0.4, -0.2) is 45.0 Å². The number of aromatic nitrogens is 2. The first-order valence-corrected chi connectivity index (χ1v) is 10.4. The van der Waals surface area contributed by atoms with Crippen molar-refractivity contribution in [1.82, 2.24) is 14.9 Å². The van der Waals surface area contributed by atoms with E-state index >= 15 is 0 Å². The molecule has 1 aliphatic rings. The number of nitrogens with two attached hydrogens (primary N) is 1. The fourth-order valence-corrected chi connectivity index (χ4v) is 3.27. The highest BCUT2D eigenvalue weighted by atomic mass is 35.5. The Hall–Kier alpha value is -3.08. The van der Waals surface area contributed by atoms with Crippen molar-refractivity contribution in [3.05, 3.63) is 52.6 Å². The van der Waals surface area contributed by atoms with Crippen molar-refractivity contribution in [2.75, 3.05) is 6.54 Å². The van der Waals surface area contributed by atoms with Crippen molar-refractivity contribution in [2.24, 2.45) is 21.6 Å². The second kappa shape index (κ2) is 9.82. The number of rotatable bonds is 6. The van der Waals surface area contributed by atoms with Gasteiger partial charge in [-0.05, 0) is 50.8 Å². The summed E-state index contributed by atoms with van der Waals surface area (Å²) in [6, 6.07) is 1.90. The minimum absolute atomic E-state index is 0.0497. The average molecular weight is 485 g/mol. The highest BCUT2D eigenvalue weighted by Gasteiger charge is 2.35. The fraction of sp³-hybridized carbons (Fsp3) is 0.381. The molecule has 1 atom stereocenters. The number of nitrogens with zero attached hydrogens (tertiary/aromatic N) is 5. The molecule has 1 fully saturated rings. The lowest BCUT2D eigenvalue weighted by Gasteiger charge is -2.29. The van der Waals surface area contributed by atoms with Crippen molar-refractivity contribution >= 4 is 35.1 Å². The van der Waals surface area contributed by atoms with Crippen molar-refractivity contribution in [3.63, 3.8) is 0 Å². The van der Waals surface area contributed by atoms with Crippen molar-refractivity contribution in [2.45, 2.75) is 38.9 Å². The molecule has 2 N–H and O–H groups in total. The van der Waals surface area contributed by atoms with E-state index in [9.17, 15) is 22.4 Å². The quantitative estimate of drug-likeness (QED) is 0.367. The van der Waals surface area contributed by atoms with E-state index in [0.29, 0.717) is 0 Å². The summed E-state index contributed by atoms with van der Waals surface area (Å²) < 4.78 is 52.9. The molecular formula is C21H21ClF4N6O. The van der Waals surface area contributed by atoms with E-state index in [1.165, 1.54) is 17.9 Å². The number of benzene rings is 1. The standard InChI is InChI=1S/C21H21ClF4N6O/c1-11(18(30-12(2)27)31-20-28-8-17(23)9-29-20)32(10-13-3-4-13)19(33)14-5-15(21(24,25)26)7-16(22)6-14/h5-9,11,13H,3-4,10H2,1-2H3,(H2,27,28,29,30,31). The number of carbonyl (C=O) groups is 1. The maximum absolute atomic E-state index is 13.4. The van der Waals surface area contributed by atoms with E-state index in [0.717, 1.165) is 37.4 Å². The number of hydrogen-bond donors (Lipinski definition) is 1. The number of amidine groups is 2. The molecule has 0 saturated heterocycles. The number of halogens is 5. The van der Waals surface area contributed by atoms with E-state index in [2.05, 4.69) is 20.0 Å². The van der Waals surface area contributed by atoms with Crippen LogP contribution < -0.4 is 5.73 Å². The molecule has 1 aliphatic carbocycles. The van der Waals surface area contributed by atoms with Gasteiger partial charge in [0.25, 0.3) is 11.9 Å². The zero-order chi connectivity index (χ0) is 24.3. The van der Waals surface area contributed by atoms with Gasteiger partial charge in [0.2, 0.25) is 0 Å². The van der Waals surface area contributed by atoms with Crippen LogP contribution in [0.25, 0.3) is 0 Å². The van der Waals surface area contributed by atoms with Crippen LogP contribution in [0.15, 0.2) is 40.6 Å². The van der Waals surface area contributed by atoms with Gasteiger partial charge in [0, 0.05) is 17.1 Å². The van der Waals surface area contributed by atoms with Crippen LogP contribution in [-0.2, 0) is 6.18 Å². The molecule has 1 heterocycles. The number of hydrogen-bond acceptors (Lipinski definition) is 4. The summed E-state index contributed by atoms with van der Waals surface area (Å²) in [6.07, 6.45) is -1.06. The van der Waals surface area contributed by atoms with Gasteiger partial charge in [-0.3, -0.25) is 4.79 Å². The SMILES string of the molecule is CC(N)=N/C(=N/c1ncc(F)cn1)C(C)N(CC1CC1)C(=O)c1cc(Cl)cc(C(F)(F)F)c1. The van der Waals surface area contributed by atoms with Gasteiger partial charge in [0.05, 0.1) is 29.8 Å². The molecule has 7 nitrogen and oxygen atoms in total. The third kappa shape index (κ3) is 6.70. The molecule has 1 unspecified atom stereocenters. The number of aliphatic imine (C=N–C) groups is 2. The summed E-state index contributed by atoms with van der Waals surface area (Å²) in [6.45, 7) is 3.40. The van der Waals surface area contributed by atoms with E-state index in [1.807, 2.05) is 0 Å². The molecule has 0 bridgehead atoms. The first kappa shape index (κ1) is 24.6. The van der Waals surface area contributed by atoms with E-state index in [1.54, 1.807) is 6.92 Å². The van der Waals surface area contributed by atoms with Crippen LogP contribution in [0.4, 0.5) is 23.5 Å². The Morgan fingerprint density at radius 3 is 2.45 bits per heavy atom. The van der Waals surface area contributed by atoms with Gasteiger partial charge in [-0.1, -0.05) is 11.6 Å². The highest BCUT2D eigenvalue weighted by molar-refractivity contribution is 6.31. The highest BCUT2D eigenvalue weighted by Crippen LogP contribution is 2.34. The Morgan fingerprint density at radius 1 is 1.27 bits per heavy atom. The second-order valence-corrected chi connectivity index (χ2v) is 8.16. The fourth-order valence-electron chi connectivity index (χ4n) is 3.04. The minimum atomic E-state index is -4.67. The molecule has 1 aromatic carbocycles. The van der Waals surface area contributed by atoms with Gasteiger partial charge < -0.3 is 10.6 Å². The Labute approximate surface area is 192 Å². The zero-order valence-electron chi connectivity index (χ0n) is 17.8. The van der Waals surface area contributed by atoms with Crippen LogP contribution in [0.1, 0.15) is 42.6 Å². The summed E-state index contributed by atoms with van der Waals surface area (Å²) in [5, 5.41) is -0.211. The molecule has 12 heteroatoms. The van der Waals surface area contributed by atoms with Gasteiger partial charge >= 0.3 is 6.18 Å². The second-order valence-electron chi connectivity index (χ2n) is 7.73. The first-order valence-electron chi connectivity index (χ1n) is 9.99. The lowest BCUT2D eigenvalue weighted by molar-refractivity contribution is -0.137. The summed E-state index contributed by atoms with van der Waals surface area (Å²) in [5.41, 5.74) is 4.48. The Kier molecular flexibility index (Phi) is 7.31. The number of alkyl halides is 3. The summed E-state index contributed by atoms with van der Waals surface area (Å²) in [4.78, 5) is 30.6.